The predicted molar refractivity (Wildman–Crippen MR) is 167 cm³/mol. The maximum Gasteiger partial charge on any atom is 0.351 e. The highest BCUT2D eigenvalue weighted by atomic mass is 31.2. The molecule has 1 saturated heterocycles. The van der Waals surface area contributed by atoms with Gasteiger partial charge in [-0.05, 0) is 36.6 Å². The SMILES string of the molecule is CC(NP(=O)(N[C@@H](C)C(=O)OCc1ccccc1)OC[C@@]1(N=[N+]=[N-])O[C@@H](n2ccc(N)nc2=O)[C@H](O)[C@@H]1F)C(=O)OCc1ccccc1. The number of esters is 2. The van der Waals surface area contributed by atoms with Crippen LogP contribution in [-0.4, -0.2) is 63.3 Å². The van der Waals surface area contributed by atoms with Crippen molar-refractivity contribution >= 4 is 25.4 Å². The topological polar surface area (TPSA) is 242 Å². The number of benzene rings is 2. The molecule has 2 aromatic carbocycles. The minimum absolute atomic E-state index is 0.109. The summed E-state index contributed by atoms with van der Waals surface area (Å²) in [5, 5.41) is 18.9. The largest absolute Gasteiger partial charge is 0.460 e. The molecule has 7 atom stereocenters. The summed E-state index contributed by atoms with van der Waals surface area (Å²) in [7, 11) is -4.61. The smallest absolute Gasteiger partial charge is 0.351 e. The third-order valence-corrected chi connectivity index (χ3v) is 8.97. The van der Waals surface area contributed by atoms with Gasteiger partial charge in [-0.25, -0.2) is 19.4 Å². The van der Waals surface area contributed by atoms with Crippen molar-refractivity contribution in [1.82, 2.24) is 19.7 Å². The molecule has 0 amide bonds. The first-order valence-corrected chi connectivity index (χ1v) is 16.1. The van der Waals surface area contributed by atoms with Crippen molar-refractivity contribution in [1.29, 1.82) is 0 Å². The van der Waals surface area contributed by atoms with E-state index in [4.69, 9.17) is 24.5 Å². The Kier molecular flexibility index (Phi) is 12.0. The van der Waals surface area contributed by atoms with Gasteiger partial charge >= 0.3 is 25.3 Å². The molecule has 0 saturated carbocycles. The van der Waals surface area contributed by atoms with Gasteiger partial charge in [-0.3, -0.25) is 18.7 Å². The molecule has 0 bridgehead atoms. The molecule has 1 aliphatic rings. The Morgan fingerprint density at radius 3 is 2.08 bits per heavy atom. The van der Waals surface area contributed by atoms with Crippen LogP contribution in [0.5, 0.6) is 0 Å². The van der Waals surface area contributed by atoms with Crippen LogP contribution in [0.15, 0.2) is 82.8 Å². The lowest BCUT2D eigenvalue weighted by Gasteiger charge is -2.30. The monoisotopic (exact) mass is 688 g/mol. The molecular formula is C29H34FN8O9P. The van der Waals surface area contributed by atoms with E-state index in [-0.39, 0.29) is 19.0 Å². The van der Waals surface area contributed by atoms with Crippen molar-refractivity contribution in [3.63, 3.8) is 0 Å². The van der Waals surface area contributed by atoms with Crippen molar-refractivity contribution < 1.29 is 42.4 Å². The van der Waals surface area contributed by atoms with Crippen molar-refractivity contribution in [3.8, 4) is 0 Å². The molecule has 3 aromatic rings. The number of halogens is 1. The molecule has 5 N–H and O–H groups in total. The fraction of sp³-hybridized carbons (Fsp3) is 0.379. The Bertz CT molecular complexity index is 1660. The standard InChI is InChI=1S/C29H34FN8O9P/c1-18(26(40)44-15-20-9-5-3-6-10-20)34-48(43,35-19(2)27(41)45-16-21-11-7-4-8-12-21)46-17-29(36-37-32)24(30)23(39)25(47-29)38-14-13-22(31)33-28(38)42/h3-14,18-19,23-25,39H,15-17H2,1-2H3,(H2,31,33,42)(H2,34,35,43)/t18-,19?,23+,24-,25+,29+,48?/m0/s1. The van der Waals surface area contributed by atoms with Crippen LogP contribution in [0.25, 0.3) is 10.4 Å². The number of alkyl halides is 1. The first-order valence-electron chi connectivity index (χ1n) is 14.5. The maximum absolute atomic E-state index is 15.7. The third-order valence-electron chi connectivity index (χ3n) is 7.02. The van der Waals surface area contributed by atoms with Gasteiger partial charge in [-0.15, -0.1) is 0 Å². The second-order valence-corrected chi connectivity index (χ2v) is 12.6. The number of nitrogen functional groups attached to an aromatic ring is 1. The number of nitrogens with zero attached hydrogens (tertiary/aromatic N) is 5. The van der Waals surface area contributed by atoms with Gasteiger partial charge in [0.05, 0.1) is 6.61 Å². The van der Waals surface area contributed by atoms with E-state index in [1.54, 1.807) is 60.7 Å². The zero-order valence-corrected chi connectivity index (χ0v) is 26.7. The van der Waals surface area contributed by atoms with E-state index < -0.39 is 68.2 Å². The third kappa shape index (κ3) is 9.02. The number of aliphatic hydroxyl groups excluding tert-OH is 1. The summed E-state index contributed by atoms with van der Waals surface area (Å²) < 4.78 is 52.3. The fourth-order valence-electron chi connectivity index (χ4n) is 4.51. The summed E-state index contributed by atoms with van der Waals surface area (Å²) in [4.78, 5) is 44.2. The van der Waals surface area contributed by atoms with Crippen LogP contribution < -0.4 is 21.6 Å². The highest BCUT2D eigenvalue weighted by Gasteiger charge is 2.57. The highest BCUT2D eigenvalue weighted by Crippen LogP contribution is 2.46. The van der Waals surface area contributed by atoms with Crippen LogP contribution in [0.4, 0.5) is 10.2 Å². The minimum Gasteiger partial charge on any atom is -0.460 e. The lowest BCUT2D eigenvalue weighted by molar-refractivity contribution is -0.147. The Balaban J connectivity index is 1.54. The second-order valence-electron chi connectivity index (χ2n) is 10.7. The summed E-state index contributed by atoms with van der Waals surface area (Å²) >= 11 is 0. The minimum atomic E-state index is -4.61. The summed E-state index contributed by atoms with van der Waals surface area (Å²) in [6.07, 6.45) is -5.31. The lowest BCUT2D eigenvalue weighted by atomic mass is 10.1. The van der Waals surface area contributed by atoms with Gasteiger partial charge in [-0.2, -0.15) is 4.98 Å². The molecule has 0 aliphatic carbocycles. The van der Waals surface area contributed by atoms with Crippen molar-refractivity contribution in [2.75, 3.05) is 12.3 Å². The highest BCUT2D eigenvalue weighted by molar-refractivity contribution is 7.54. The number of nitrogens with one attached hydrogen (secondary N) is 2. The molecule has 1 aliphatic heterocycles. The number of carbonyl (C=O) groups excluding carboxylic acids is 2. The summed E-state index contributed by atoms with van der Waals surface area (Å²) in [6.45, 7) is 1.25. The number of rotatable bonds is 15. The quantitative estimate of drug-likeness (QED) is 0.0591. The molecule has 19 heteroatoms. The van der Waals surface area contributed by atoms with Crippen molar-refractivity contribution in [2.45, 2.75) is 63.4 Å². The van der Waals surface area contributed by atoms with Gasteiger partial charge < -0.3 is 29.6 Å². The van der Waals surface area contributed by atoms with Crippen LogP contribution >= 0.6 is 7.67 Å². The number of aromatic nitrogens is 2. The molecule has 1 aromatic heterocycles. The van der Waals surface area contributed by atoms with E-state index in [2.05, 4.69) is 25.2 Å². The molecule has 4 rings (SSSR count). The molecule has 2 unspecified atom stereocenters. The number of ether oxygens (including phenoxy) is 3. The number of aliphatic hydroxyl groups is 1. The van der Waals surface area contributed by atoms with E-state index in [1.807, 2.05) is 0 Å². The van der Waals surface area contributed by atoms with E-state index in [9.17, 15) is 29.6 Å². The van der Waals surface area contributed by atoms with E-state index >= 15 is 4.39 Å². The predicted octanol–water partition coefficient (Wildman–Crippen LogP) is 2.63. The Hall–Kier alpha value is -4.67. The molecule has 2 heterocycles. The number of hydrogen-bond donors (Lipinski definition) is 4. The molecule has 0 radical (unpaired) electrons. The molecule has 0 spiro atoms. The van der Waals surface area contributed by atoms with Crippen molar-refractivity contribution in [3.05, 3.63) is 105 Å². The number of carbonyl (C=O) groups is 2. The van der Waals surface area contributed by atoms with Crippen molar-refractivity contribution in [2.24, 2.45) is 5.11 Å². The molecule has 1 fully saturated rings. The zero-order valence-electron chi connectivity index (χ0n) is 25.8. The molecule has 48 heavy (non-hydrogen) atoms. The number of hydrogen-bond acceptors (Lipinski definition) is 12. The lowest BCUT2D eigenvalue weighted by Crippen LogP contribution is -2.46. The van der Waals surface area contributed by atoms with Gasteiger partial charge in [0, 0.05) is 11.1 Å². The second kappa shape index (κ2) is 16.0. The van der Waals surface area contributed by atoms with Crippen LogP contribution in [0.1, 0.15) is 31.2 Å². The molecule has 17 nitrogen and oxygen atoms in total. The first kappa shape index (κ1) is 36.2. The summed E-state index contributed by atoms with van der Waals surface area (Å²) in [5.74, 6) is -1.88. The maximum atomic E-state index is 15.7. The van der Waals surface area contributed by atoms with Crippen LogP contribution in [0, 0.1) is 0 Å². The molecular weight excluding hydrogens is 654 g/mol. The average Bonchev–Trinajstić information content (AvgIpc) is 3.31. The van der Waals surface area contributed by atoms with E-state index in [1.165, 1.54) is 19.9 Å². The average molecular weight is 689 g/mol. The normalized spacial score (nSPS) is 22.9. The van der Waals surface area contributed by atoms with Crippen LogP contribution in [0.3, 0.4) is 0 Å². The van der Waals surface area contributed by atoms with E-state index in [0.717, 1.165) is 6.20 Å². The summed E-state index contributed by atoms with van der Waals surface area (Å²) in [5.41, 5.74) is 12.4. The van der Waals surface area contributed by atoms with Gasteiger partial charge in [0.1, 0.15) is 37.2 Å². The van der Waals surface area contributed by atoms with Crippen LogP contribution in [-0.2, 0) is 46.1 Å². The van der Waals surface area contributed by atoms with Crippen LogP contribution in [0.2, 0.25) is 0 Å². The first-order chi connectivity index (χ1) is 22.9. The molecule has 256 valence electrons. The van der Waals surface area contributed by atoms with Gasteiger partial charge in [0.2, 0.25) is 5.72 Å². The number of nitrogens with two attached hydrogens (primary N) is 1. The Morgan fingerprint density at radius 2 is 1.60 bits per heavy atom. The Morgan fingerprint density at radius 1 is 1.08 bits per heavy atom. The fourth-order valence-corrected chi connectivity index (χ4v) is 6.33. The van der Waals surface area contributed by atoms with Gasteiger partial charge in [0.25, 0.3) is 0 Å². The number of azide groups is 1. The van der Waals surface area contributed by atoms with Gasteiger partial charge in [0.15, 0.2) is 12.4 Å². The summed E-state index contributed by atoms with van der Waals surface area (Å²) in [6, 6.07) is 16.0. The van der Waals surface area contributed by atoms with Gasteiger partial charge in [-0.1, -0.05) is 65.8 Å². The number of anilines is 1. The zero-order chi connectivity index (χ0) is 34.9. The Labute approximate surface area is 273 Å². The van der Waals surface area contributed by atoms with E-state index in [0.29, 0.717) is 15.7 Å².